The molecule has 3 aromatic carbocycles. The molecule has 0 aromatic heterocycles. The number of carbonyl (C=O) groups excluding carboxylic acids is 3. The number of benzene rings is 3. The van der Waals surface area contributed by atoms with Gasteiger partial charge in [-0.2, -0.15) is 4.72 Å². The third-order valence-electron chi connectivity index (χ3n) is 5.45. The van der Waals surface area contributed by atoms with Gasteiger partial charge in [0.25, 0.3) is 0 Å². The predicted octanol–water partition coefficient (Wildman–Crippen LogP) is 2.62. The number of carbonyl (C=O) groups is 3. The molecule has 0 saturated heterocycles. The van der Waals surface area contributed by atoms with E-state index in [0.29, 0.717) is 5.56 Å². The van der Waals surface area contributed by atoms with Gasteiger partial charge < -0.3 is 9.84 Å². The number of ether oxygens (including phenoxy) is 1. The van der Waals surface area contributed by atoms with Crippen molar-refractivity contribution in [3.8, 4) is 5.75 Å². The molecular formula is C25H21NO7S. The number of hydrogen-bond acceptors (Lipinski definition) is 7. The van der Waals surface area contributed by atoms with E-state index in [-0.39, 0.29) is 51.7 Å². The second-order valence-corrected chi connectivity index (χ2v) is 9.42. The molecule has 0 fully saturated rings. The lowest BCUT2D eigenvalue weighted by Gasteiger charge is -2.20. The molecule has 0 aliphatic heterocycles. The molecule has 0 radical (unpaired) electrons. The van der Waals surface area contributed by atoms with Crippen LogP contribution in [0.4, 0.5) is 0 Å². The van der Waals surface area contributed by atoms with E-state index in [4.69, 9.17) is 4.74 Å². The monoisotopic (exact) mass is 479 g/mol. The molecule has 1 aliphatic rings. The molecule has 0 amide bonds. The summed E-state index contributed by atoms with van der Waals surface area (Å²) in [6, 6.07) is 14.8. The van der Waals surface area contributed by atoms with Gasteiger partial charge in [0.15, 0.2) is 11.6 Å². The number of ketones is 2. The molecule has 0 unspecified atom stereocenters. The maximum atomic E-state index is 13.2. The number of esters is 1. The smallest absolute Gasteiger partial charge is 0.324 e. The average Bonchev–Trinajstić information content (AvgIpc) is 2.83. The molecule has 4 rings (SSSR count). The summed E-state index contributed by atoms with van der Waals surface area (Å²) in [4.78, 5) is 38.0. The van der Waals surface area contributed by atoms with Crippen molar-refractivity contribution in [2.75, 3.05) is 6.61 Å². The maximum Gasteiger partial charge on any atom is 0.324 e. The van der Waals surface area contributed by atoms with Crippen molar-refractivity contribution >= 4 is 27.6 Å². The van der Waals surface area contributed by atoms with E-state index >= 15 is 0 Å². The number of rotatable bonds is 7. The Hall–Kier alpha value is -3.82. The van der Waals surface area contributed by atoms with E-state index in [2.05, 4.69) is 4.72 Å². The van der Waals surface area contributed by atoms with Gasteiger partial charge >= 0.3 is 5.97 Å². The first-order valence-electron chi connectivity index (χ1n) is 10.5. The molecule has 3 aromatic rings. The maximum absolute atomic E-state index is 13.2. The van der Waals surface area contributed by atoms with Gasteiger partial charge in [-0.25, -0.2) is 8.42 Å². The Kier molecular flexibility index (Phi) is 6.32. The zero-order valence-electron chi connectivity index (χ0n) is 18.1. The first-order valence-corrected chi connectivity index (χ1v) is 12.0. The van der Waals surface area contributed by atoms with E-state index in [0.717, 1.165) is 6.07 Å². The van der Waals surface area contributed by atoms with Gasteiger partial charge in [-0.15, -0.1) is 0 Å². The molecule has 8 nitrogen and oxygen atoms in total. The lowest BCUT2D eigenvalue weighted by Crippen LogP contribution is -2.43. The standard InChI is InChI=1S/C25H21NO7S/c1-2-33-25(30)22(13-15-7-9-16(27)10-8-15)26-34(31,32)17-11-12-20-21(14-17)24(29)19-6-4-3-5-18(19)23(20)28/h3-12,14,22,26-27H,2,13H2,1H3/t22-/m0/s1. The Morgan fingerprint density at radius 1 is 0.912 bits per heavy atom. The fourth-order valence-corrected chi connectivity index (χ4v) is 5.00. The lowest BCUT2D eigenvalue weighted by molar-refractivity contribution is -0.145. The predicted molar refractivity (Wildman–Crippen MR) is 122 cm³/mol. The summed E-state index contributed by atoms with van der Waals surface area (Å²) in [6.07, 6.45) is -0.0198. The minimum absolute atomic E-state index is 0.0159. The first-order chi connectivity index (χ1) is 16.2. The molecule has 0 bridgehead atoms. The number of nitrogens with one attached hydrogen (secondary N) is 1. The lowest BCUT2D eigenvalue weighted by atomic mass is 9.84. The Morgan fingerprint density at radius 3 is 2.12 bits per heavy atom. The molecule has 0 saturated carbocycles. The average molecular weight is 480 g/mol. The number of aromatic hydroxyl groups is 1. The SMILES string of the molecule is CCOC(=O)[C@H](Cc1ccc(O)cc1)NS(=O)(=O)c1ccc2c(c1)C(=O)c1ccccc1C2=O. The number of phenolic OH excluding ortho intramolecular Hbond substituents is 1. The molecule has 9 heteroatoms. The number of phenols is 1. The highest BCUT2D eigenvalue weighted by atomic mass is 32.2. The summed E-state index contributed by atoms with van der Waals surface area (Å²) < 4.78 is 33.7. The van der Waals surface area contributed by atoms with Gasteiger partial charge in [-0.05, 0) is 49.2 Å². The van der Waals surface area contributed by atoms with Crippen molar-refractivity contribution in [3.63, 3.8) is 0 Å². The van der Waals surface area contributed by atoms with Crippen LogP contribution in [0, 0.1) is 0 Å². The number of fused-ring (bicyclic) bond motifs is 2. The summed E-state index contributed by atoms with van der Waals surface area (Å²) in [5.74, 6) is -1.55. The van der Waals surface area contributed by atoms with Crippen molar-refractivity contribution in [1.82, 2.24) is 4.72 Å². The van der Waals surface area contributed by atoms with Crippen molar-refractivity contribution in [2.45, 2.75) is 24.3 Å². The highest BCUT2D eigenvalue weighted by molar-refractivity contribution is 7.89. The third-order valence-corrected chi connectivity index (χ3v) is 6.92. The van der Waals surface area contributed by atoms with Gasteiger partial charge in [0.2, 0.25) is 10.0 Å². The Morgan fingerprint density at radius 2 is 1.50 bits per heavy atom. The second kappa shape index (κ2) is 9.20. The van der Waals surface area contributed by atoms with Crippen LogP contribution in [0.25, 0.3) is 0 Å². The Labute approximate surface area is 196 Å². The van der Waals surface area contributed by atoms with Crippen LogP contribution in [0.3, 0.4) is 0 Å². The summed E-state index contributed by atoms with van der Waals surface area (Å²) in [6.45, 7) is 1.66. The molecule has 0 spiro atoms. The Balaban J connectivity index is 1.66. The quantitative estimate of drug-likeness (QED) is 0.390. The normalized spacial score (nSPS) is 13.7. The molecular weight excluding hydrogens is 458 g/mol. The highest BCUT2D eigenvalue weighted by Crippen LogP contribution is 2.29. The molecule has 1 atom stereocenters. The zero-order chi connectivity index (χ0) is 24.5. The third kappa shape index (κ3) is 4.48. The fraction of sp³-hybridized carbons (Fsp3) is 0.160. The van der Waals surface area contributed by atoms with Crippen LogP contribution in [0.5, 0.6) is 5.75 Å². The van der Waals surface area contributed by atoms with Crippen LogP contribution < -0.4 is 4.72 Å². The fourth-order valence-electron chi connectivity index (χ4n) is 3.78. The van der Waals surface area contributed by atoms with E-state index < -0.39 is 27.8 Å². The van der Waals surface area contributed by atoms with E-state index in [1.807, 2.05) is 0 Å². The van der Waals surface area contributed by atoms with Crippen LogP contribution in [-0.2, 0) is 26.0 Å². The first kappa shape index (κ1) is 23.3. The van der Waals surface area contributed by atoms with Crippen molar-refractivity contribution in [2.24, 2.45) is 0 Å². The Bertz CT molecular complexity index is 1400. The van der Waals surface area contributed by atoms with Crippen LogP contribution in [-0.4, -0.2) is 43.7 Å². The topological polar surface area (TPSA) is 127 Å². The van der Waals surface area contributed by atoms with Crippen molar-refractivity contribution in [3.05, 3.63) is 94.5 Å². The van der Waals surface area contributed by atoms with Crippen LogP contribution >= 0.6 is 0 Å². The van der Waals surface area contributed by atoms with Crippen LogP contribution in [0.15, 0.2) is 71.6 Å². The van der Waals surface area contributed by atoms with E-state index in [1.54, 1.807) is 37.3 Å². The van der Waals surface area contributed by atoms with Gasteiger partial charge in [-0.1, -0.05) is 36.4 Å². The zero-order valence-corrected chi connectivity index (χ0v) is 19.0. The molecule has 0 heterocycles. The van der Waals surface area contributed by atoms with Crippen LogP contribution in [0.1, 0.15) is 44.3 Å². The summed E-state index contributed by atoms with van der Waals surface area (Å²) in [5, 5.41) is 9.46. The number of sulfonamides is 1. The molecule has 2 N–H and O–H groups in total. The summed E-state index contributed by atoms with van der Waals surface area (Å²) >= 11 is 0. The minimum Gasteiger partial charge on any atom is -0.508 e. The van der Waals surface area contributed by atoms with Gasteiger partial charge in [0.05, 0.1) is 11.5 Å². The van der Waals surface area contributed by atoms with Crippen molar-refractivity contribution < 1.29 is 32.6 Å². The van der Waals surface area contributed by atoms with Gasteiger partial charge in [0.1, 0.15) is 11.8 Å². The second-order valence-electron chi connectivity index (χ2n) is 7.71. The summed E-state index contributed by atoms with van der Waals surface area (Å²) in [7, 11) is -4.27. The molecule has 174 valence electrons. The highest BCUT2D eigenvalue weighted by Gasteiger charge is 2.32. The van der Waals surface area contributed by atoms with Gasteiger partial charge in [-0.3, -0.25) is 14.4 Å². The van der Waals surface area contributed by atoms with Gasteiger partial charge in [0, 0.05) is 22.3 Å². The summed E-state index contributed by atoms with van der Waals surface area (Å²) in [5.41, 5.74) is 1.18. The molecule has 34 heavy (non-hydrogen) atoms. The molecule has 1 aliphatic carbocycles. The minimum atomic E-state index is -4.27. The van der Waals surface area contributed by atoms with E-state index in [1.165, 1.54) is 30.3 Å². The van der Waals surface area contributed by atoms with E-state index in [9.17, 15) is 27.9 Å². The largest absolute Gasteiger partial charge is 0.508 e. The van der Waals surface area contributed by atoms with Crippen LogP contribution in [0.2, 0.25) is 0 Å². The number of hydrogen-bond donors (Lipinski definition) is 2. The van der Waals surface area contributed by atoms with Crippen molar-refractivity contribution in [1.29, 1.82) is 0 Å².